The summed E-state index contributed by atoms with van der Waals surface area (Å²) < 4.78 is 39.1. The molecule has 0 saturated carbocycles. The highest BCUT2D eigenvalue weighted by atomic mass is 32.1. The maximum Gasteiger partial charge on any atom is 0.416 e. The molecular weight excluding hydrogens is 285 g/mol. The number of benzene rings is 2. The molecule has 1 heterocycles. The minimum absolute atomic E-state index is 0.402. The van der Waals surface area contributed by atoms with Crippen LogP contribution in [0.4, 0.5) is 18.3 Å². The number of fused-ring (bicyclic) bond motifs is 1. The largest absolute Gasteiger partial charge is 0.416 e. The minimum atomic E-state index is -4.35. The fraction of sp³-hybridized carbons (Fsp3) is 0.0714. The molecule has 0 aliphatic heterocycles. The van der Waals surface area contributed by atoms with Gasteiger partial charge in [-0.2, -0.15) is 13.2 Å². The Bertz CT molecular complexity index is 777. The zero-order chi connectivity index (χ0) is 14.3. The van der Waals surface area contributed by atoms with Crippen molar-refractivity contribution in [1.29, 1.82) is 0 Å². The molecule has 0 bridgehead atoms. The molecule has 3 rings (SSSR count). The van der Waals surface area contributed by atoms with Crippen LogP contribution in [-0.2, 0) is 6.18 Å². The molecule has 6 heteroatoms. The summed E-state index contributed by atoms with van der Waals surface area (Å²) in [6.07, 6.45) is -4.35. The maximum atomic E-state index is 12.8. The van der Waals surface area contributed by atoms with E-state index in [9.17, 15) is 13.2 Å². The van der Waals surface area contributed by atoms with Crippen LogP contribution in [0.25, 0.3) is 21.3 Å². The number of anilines is 1. The Hall–Kier alpha value is -2.08. The number of hydrogen-bond acceptors (Lipinski definition) is 3. The van der Waals surface area contributed by atoms with Crippen LogP contribution in [0.15, 0.2) is 42.5 Å². The van der Waals surface area contributed by atoms with Crippen molar-refractivity contribution >= 4 is 26.7 Å². The topological polar surface area (TPSA) is 38.9 Å². The van der Waals surface area contributed by atoms with E-state index in [1.807, 2.05) is 0 Å². The molecule has 2 nitrogen and oxygen atoms in total. The number of nitrogen functional groups attached to an aromatic ring is 1. The van der Waals surface area contributed by atoms with Gasteiger partial charge in [-0.1, -0.05) is 35.6 Å². The third kappa shape index (κ3) is 2.22. The molecule has 0 aliphatic carbocycles. The molecule has 102 valence electrons. The fourth-order valence-corrected chi connectivity index (χ4v) is 2.92. The lowest BCUT2D eigenvalue weighted by molar-refractivity contribution is -0.137. The lowest BCUT2D eigenvalue weighted by atomic mass is 10.0. The van der Waals surface area contributed by atoms with Crippen LogP contribution < -0.4 is 5.73 Å². The van der Waals surface area contributed by atoms with Gasteiger partial charge in [0.2, 0.25) is 0 Å². The van der Waals surface area contributed by atoms with Crippen molar-refractivity contribution in [1.82, 2.24) is 4.98 Å². The molecule has 0 amide bonds. The molecular formula is C14H9F3N2S. The summed E-state index contributed by atoms with van der Waals surface area (Å²) in [5.74, 6) is 0. The Morgan fingerprint density at radius 3 is 2.55 bits per heavy atom. The first-order chi connectivity index (χ1) is 9.45. The van der Waals surface area contributed by atoms with E-state index in [1.165, 1.54) is 17.4 Å². The third-order valence-electron chi connectivity index (χ3n) is 2.93. The summed E-state index contributed by atoms with van der Waals surface area (Å²) >= 11 is 1.27. The number of alkyl halides is 3. The van der Waals surface area contributed by atoms with E-state index in [2.05, 4.69) is 4.98 Å². The molecule has 1 aromatic heterocycles. The first kappa shape index (κ1) is 12.9. The SMILES string of the molecule is Nc1nc2cccc(-c3cccc(C(F)(F)F)c3)c2s1. The van der Waals surface area contributed by atoms with E-state index >= 15 is 0 Å². The first-order valence-corrected chi connectivity index (χ1v) is 6.59. The molecule has 0 aliphatic rings. The van der Waals surface area contributed by atoms with E-state index < -0.39 is 11.7 Å². The molecule has 20 heavy (non-hydrogen) atoms. The van der Waals surface area contributed by atoms with Gasteiger partial charge < -0.3 is 5.73 Å². The van der Waals surface area contributed by atoms with Gasteiger partial charge in [0, 0.05) is 5.56 Å². The van der Waals surface area contributed by atoms with Gasteiger partial charge in [0.05, 0.1) is 15.8 Å². The lowest BCUT2D eigenvalue weighted by Crippen LogP contribution is -2.04. The van der Waals surface area contributed by atoms with E-state index in [1.54, 1.807) is 24.3 Å². The van der Waals surface area contributed by atoms with Crippen LogP contribution in [0.5, 0.6) is 0 Å². The van der Waals surface area contributed by atoms with Gasteiger partial charge in [0.1, 0.15) is 0 Å². The second-order valence-corrected chi connectivity index (χ2v) is 5.32. The van der Waals surface area contributed by atoms with Crippen molar-refractivity contribution in [2.45, 2.75) is 6.18 Å². The van der Waals surface area contributed by atoms with Gasteiger partial charge in [0.15, 0.2) is 5.13 Å². The number of aromatic nitrogens is 1. The molecule has 0 radical (unpaired) electrons. The summed E-state index contributed by atoms with van der Waals surface area (Å²) in [5.41, 5.74) is 6.92. The standard InChI is InChI=1S/C14H9F3N2S/c15-14(16,17)9-4-1-3-8(7-9)10-5-2-6-11-12(10)20-13(18)19-11/h1-7H,(H2,18,19). The molecule has 2 aromatic carbocycles. The molecule has 0 unspecified atom stereocenters. The molecule has 0 saturated heterocycles. The second-order valence-electron chi connectivity index (χ2n) is 4.28. The van der Waals surface area contributed by atoms with Crippen LogP contribution >= 0.6 is 11.3 Å². The van der Waals surface area contributed by atoms with Gasteiger partial charge in [-0.25, -0.2) is 4.98 Å². The fourth-order valence-electron chi connectivity index (χ4n) is 2.06. The third-order valence-corrected chi connectivity index (χ3v) is 3.87. The summed E-state index contributed by atoms with van der Waals surface area (Å²) in [5, 5.41) is 0.402. The quantitative estimate of drug-likeness (QED) is 0.714. The van der Waals surface area contributed by atoms with Crippen LogP contribution in [0, 0.1) is 0 Å². The number of rotatable bonds is 1. The number of nitrogens with zero attached hydrogens (tertiary/aromatic N) is 1. The highest BCUT2D eigenvalue weighted by Crippen LogP contribution is 2.36. The van der Waals surface area contributed by atoms with Crippen LogP contribution in [0.1, 0.15) is 5.56 Å². The van der Waals surface area contributed by atoms with Gasteiger partial charge in [-0.3, -0.25) is 0 Å². The van der Waals surface area contributed by atoms with E-state index in [-0.39, 0.29) is 0 Å². The normalized spacial score (nSPS) is 11.9. The number of nitrogens with two attached hydrogens (primary N) is 1. The number of halogens is 3. The smallest absolute Gasteiger partial charge is 0.375 e. The zero-order valence-electron chi connectivity index (χ0n) is 10.1. The van der Waals surface area contributed by atoms with Gasteiger partial charge in [-0.15, -0.1) is 0 Å². The predicted octanol–water partition coefficient (Wildman–Crippen LogP) is 4.56. The number of thiazole rings is 1. The average molecular weight is 294 g/mol. The van der Waals surface area contributed by atoms with Crippen LogP contribution in [-0.4, -0.2) is 4.98 Å². The van der Waals surface area contributed by atoms with Crippen LogP contribution in [0.2, 0.25) is 0 Å². The molecule has 2 N–H and O–H groups in total. The van der Waals surface area contributed by atoms with Crippen molar-refractivity contribution in [3.05, 3.63) is 48.0 Å². The van der Waals surface area contributed by atoms with E-state index in [0.29, 0.717) is 21.8 Å². The Kier molecular flexibility index (Phi) is 2.90. The number of hydrogen-bond donors (Lipinski definition) is 1. The molecule has 0 atom stereocenters. The summed E-state index contributed by atoms with van der Waals surface area (Å²) in [7, 11) is 0. The average Bonchev–Trinajstić information content (AvgIpc) is 2.77. The van der Waals surface area contributed by atoms with E-state index in [0.717, 1.165) is 16.8 Å². The van der Waals surface area contributed by atoms with Crippen molar-refractivity contribution in [2.24, 2.45) is 0 Å². The van der Waals surface area contributed by atoms with Gasteiger partial charge in [0.25, 0.3) is 0 Å². The molecule has 3 aromatic rings. The minimum Gasteiger partial charge on any atom is -0.375 e. The predicted molar refractivity (Wildman–Crippen MR) is 74.5 cm³/mol. The van der Waals surface area contributed by atoms with Crippen molar-refractivity contribution in [2.75, 3.05) is 5.73 Å². The van der Waals surface area contributed by atoms with Crippen molar-refractivity contribution in [3.63, 3.8) is 0 Å². The molecule has 0 fully saturated rings. The zero-order valence-corrected chi connectivity index (χ0v) is 10.9. The summed E-state index contributed by atoms with van der Waals surface area (Å²) in [6, 6.07) is 10.6. The monoisotopic (exact) mass is 294 g/mol. The van der Waals surface area contributed by atoms with E-state index in [4.69, 9.17) is 5.73 Å². The highest BCUT2D eigenvalue weighted by molar-refractivity contribution is 7.22. The van der Waals surface area contributed by atoms with Crippen molar-refractivity contribution in [3.8, 4) is 11.1 Å². The Labute approximate surface area is 116 Å². The van der Waals surface area contributed by atoms with Crippen LogP contribution in [0.3, 0.4) is 0 Å². The Balaban J connectivity index is 2.21. The maximum absolute atomic E-state index is 12.8. The Morgan fingerprint density at radius 1 is 1.05 bits per heavy atom. The lowest BCUT2D eigenvalue weighted by Gasteiger charge is -2.09. The molecule has 0 spiro atoms. The Morgan fingerprint density at radius 2 is 1.80 bits per heavy atom. The highest BCUT2D eigenvalue weighted by Gasteiger charge is 2.30. The summed E-state index contributed by atoms with van der Waals surface area (Å²) in [6.45, 7) is 0. The second kappa shape index (κ2) is 4.49. The van der Waals surface area contributed by atoms with Crippen molar-refractivity contribution < 1.29 is 13.2 Å². The van der Waals surface area contributed by atoms with Gasteiger partial charge >= 0.3 is 6.18 Å². The van der Waals surface area contributed by atoms with Gasteiger partial charge in [-0.05, 0) is 23.8 Å². The summed E-state index contributed by atoms with van der Waals surface area (Å²) in [4.78, 5) is 4.14. The first-order valence-electron chi connectivity index (χ1n) is 5.78.